The lowest BCUT2D eigenvalue weighted by atomic mass is 10.3. The first-order valence-electron chi connectivity index (χ1n) is 6.02. The van der Waals surface area contributed by atoms with Gasteiger partial charge in [-0.2, -0.15) is 0 Å². The number of aromatic amines is 1. The highest BCUT2D eigenvalue weighted by Gasteiger charge is 1.99. The Labute approximate surface area is 112 Å². The van der Waals surface area contributed by atoms with Gasteiger partial charge in [0.1, 0.15) is 16.3 Å². The summed E-state index contributed by atoms with van der Waals surface area (Å²) in [6.45, 7) is 2.79. The van der Waals surface area contributed by atoms with Crippen molar-refractivity contribution >= 4 is 18.0 Å². The molecule has 5 heteroatoms. The van der Waals surface area contributed by atoms with Crippen LogP contribution >= 0.6 is 12.2 Å². The second-order valence-corrected chi connectivity index (χ2v) is 4.42. The number of rotatable bonds is 5. The normalized spacial score (nSPS) is 10.3. The van der Waals surface area contributed by atoms with E-state index in [-0.39, 0.29) is 0 Å². The highest BCUT2D eigenvalue weighted by molar-refractivity contribution is 7.71. The summed E-state index contributed by atoms with van der Waals surface area (Å²) in [6.07, 6.45) is 3.74. The maximum atomic E-state index is 5.15. The number of anilines is 1. The molecule has 0 spiro atoms. The van der Waals surface area contributed by atoms with Crippen molar-refractivity contribution in [3.8, 4) is 0 Å². The standard InChI is InChI=1S/C13H16N4S/c1-2-5-11-16-12(8-13(18)17-11)15-9-10-6-3-4-7-14-10/h3-4,6-8H,2,5,9H2,1H3,(H2,15,16,17,18). The molecule has 18 heavy (non-hydrogen) atoms. The summed E-state index contributed by atoms with van der Waals surface area (Å²) >= 11 is 5.15. The summed E-state index contributed by atoms with van der Waals surface area (Å²) in [5.74, 6) is 1.82. The Morgan fingerprint density at radius 3 is 3.00 bits per heavy atom. The lowest BCUT2D eigenvalue weighted by Crippen LogP contribution is -2.05. The second-order valence-electron chi connectivity index (χ2n) is 4.00. The maximum Gasteiger partial charge on any atom is 0.131 e. The van der Waals surface area contributed by atoms with Crippen molar-refractivity contribution in [2.75, 3.05) is 5.32 Å². The van der Waals surface area contributed by atoms with Crippen molar-refractivity contribution in [3.63, 3.8) is 0 Å². The van der Waals surface area contributed by atoms with Crippen molar-refractivity contribution < 1.29 is 0 Å². The zero-order valence-electron chi connectivity index (χ0n) is 10.3. The van der Waals surface area contributed by atoms with Crippen LogP contribution in [-0.2, 0) is 13.0 Å². The van der Waals surface area contributed by atoms with E-state index in [1.807, 2.05) is 24.3 Å². The first kappa shape index (κ1) is 12.7. The Kier molecular flexibility index (Phi) is 4.41. The number of aryl methyl sites for hydroxylation is 1. The molecule has 2 N–H and O–H groups in total. The highest BCUT2D eigenvalue weighted by Crippen LogP contribution is 2.07. The van der Waals surface area contributed by atoms with Crippen LogP contribution < -0.4 is 5.32 Å². The molecule has 2 aromatic heterocycles. The van der Waals surface area contributed by atoms with Gasteiger partial charge in [-0.15, -0.1) is 0 Å². The Morgan fingerprint density at radius 1 is 1.39 bits per heavy atom. The van der Waals surface area contributed by atoms with Crippen molar-refractivity contribution in [3.05, 3.63) is 46.6 Å². The summed E-state index contributed by atoms with van der Waals surface area (Å²) in [5, 5.41) is 3.28. The van der Waals surface area contributed by atoms with E-state index in [1.165, 1.54) is 0 Å². The van der Waals surface area contributed by atoms with Gasteiger partial charge >= 0.3 is 0 Å². The lowest BCUT2D eigenvalue weighted by molar-refractivity contribution is 0.830. The van der Waals surface area contributed by atoms with Crippen LogP contribution in [0.2, 0.25) is 0 Å². The van der Waals surface area contributed by atoms with E-state index in [2.05, 4.69) is 27.2 Å². The molecule has 0 bridgehead atoms. The number of nitrogens with zero attached hydrogens (tertiary/aromatic N) is 2. The van der Waals surface area contributed by atoms with Gasteiger partial charge in [-0.05, 0) is 18.6 Å². The number of H-pyrrole nitrogens is 1. The van der Waals surface area contributed by atoms with Crippen LogP contribution in [0.4, 0.5) is 5.82 Å². The highest BCUT2D eigenvalue weighted by atomic mass is 32.1. The van der Waals surface area contributed by atoms with E-state index in [0.717, 1.165) is 30.2 Å². The molecule has 0 aromatic carbocycles. The quantitative estimate of drug-likeness (QED) is 0.811. The summed E-state index contributed by atoms with van der Waals surface area (Å²) in [4.78, 5) is 11.8. The molecule has 0 saturated carbocycles. The maximum absolute atomic E-state index is 5.15. The van der Waals surface area contributed by atoms with E-state index in [4.69, 9.17) is 12.2 Å². The van der Waals surface area contributed by atoms with Crippen LogP contribution in [0.1, 0.15) is 24.9 Å². The number of hydrogen-bond acceptors (Lipinski definition) is 4. The van der Waals surface area contributed by atoms with Crippen molar-refractivity contribution in [1.82, 2.24) is 15.0 Å². The van der Waals surface area contributed by atoms with Crippen LogP contribution in [0.3, 0.4) is 0 Å². The third-order valence-corrected chi connectivity index (χ3v) is 2.67. The zero-order valence-corrected chi connectivity index (χ0v) is 11.1. The number of aromatic nitrogens is 3. The molecule has 0 unspecified atom stereocenters. The molecule has 2 heterocycles. The first-order chi connectivity index (χ1) is 8.78. The van der Waals surface area contributed by atoms with Gasteiger partial charge in [0.15, 0.2) is 0 Å². The van der Waals surface area contributed by atoms with E-state index in [9.17, 15) is 0 Å². The molecule has 2 aromatic rings. The van der Waals surface area contributed by atoms with E-state index < -0.39 is 0 Å². The van der Waals surface area contributed by atoms with Crippen molar-refractivity contribution in [2.24, 2.45) is 0 Å². The summed E-state index contributed by atoms with van der Waals surface area (Å²) < 4.78 is 0.612. The molecule has 4 nitrogen and oxygen atoms in total. The second kappa shape index (κ2) is 6.26. The smallest absolute Gasteiger partial charge is 0.131 e. The van der Waals surface area contributed by atoms with Crippen LogP contribution in [0, 0.1) is 4.64 Å². The van der Waals surface area contributed by atoms with Gasteiger partial charge in [-0.1, -0.05) is 25.2 Å². The van der Waals surface area contributed by atoms with E-state index in [0.29, 0.717) is 11.2 Å². The summed E-state index contributed by atoms with van der Waals surface area (Å²) in [6, 6.07) is 7.69. The van der Waals surface area contributed by atoms with Gasteiger partial charge in [-0.25, -0.2) is 4.98 Å². The molecular formula is C13H16N4S. The van der Waals surface area contributed by atoms with Crippen LogP contribution in [-0.4, -0.2) is 15.0 Å². The first-order valence-corrected chi connectivity index (χ1v) is 6.43. The van der Waals surface area contributed by atoms with E-state index >= 15 is 0 Å². The average molecular weight is 260 g/mol. The SMILES string of the molecule is CCCc1nc(=S)cc(NCc2ccccn2)[nH]1. The monoisotopic (exact) mass is 260 g/mol. The van der Waals surface area contributed by atoms with Crippen LogP contribution in [0.15, 0.2) is 30.5 Å². The molecule has 0 radical (unpaired) electrons. The Balaban J connectivity index is 2.07. The van der Waals surface area contributed by atoms with Gasteiger partial charge in [0.2, 0.25) is 0 Å². The third kappa shape index (κ3) is 3.63. The van der Waals surface area contributed by atoms with Crippen molar-refractivity contribution in [1.29, 1.82) is 0 Å². The summed E-state index contributed by atoms with van der Waals surface area (Å²) in [5.41, 5.74) is 0.991. The molecule has 0 saturated heterocycles. The van der Waals surface area contributed by atoms with Gasteiger partial charge in [-0.3, -0.25) is 4.98 Å². The Bertz CT molecular complexity index is 550. The molecule has 0 fully saturated rings. The minimum absolute atomic E-state index is 0.612. The minimum atomic E-state index is 0.612. The molecule has 94 valence electrons. The predicted octanol–water partition coefficient (Wildman–Crippen LogP) is 3.10. The largest absolute Gasteiger partial charge is 0.366 e. The topological polar surface area (TPSA) is 53.6 Å². The number of nitrogens with one attached hydrogen (secondary N) is 2. The van der Waals surface area contributed by atoms with Crippen LogP contribution in [0.5, 0.6) is 0 Å². The molecule has 0 aliphatic carbocycles. The number of pyridine rings is 1. The lowest BCUT2D eigenvalue weighted by Gasteiger charge is -2.07. The average Bonchev–Trinajstić information content (AvgIpc) is 2.37. The summed E-state index contributed by atoms with van der Waals surface area (Å²) in [7, 11) is 0. The molecule has 2 rings (SSSR count). The fourth-order valence-electron chi connectivity index (χ4n) is 1.65. The Hall–Kier alpha value is -1.75. The molecule has 0 atom stereocenters. The Morgan fingerprint density at radius 2 is 2.28 bits per heavy atom. The minimum Gasteiger partial charge on any atom is -0.366 e. The molecule has 0 aliphatic heterocycles. The fourth-order valence-corrected chi connectivity index (χ4v) is 1.88. The third-order valence-electron chi connectivity index (χ3n) is 2.46. The van der Waals surface area contributed by atoms with Crippen LogP contribution in [0.25, 0.3) is 0 Å². The van der Waals surface area contributed by atoms with E-state index in [1.54, 1.807) is 6.20 Å². The van der Waals surface area contributed by atoms with Crippen molar-refractivity contribution in [2.45, 2.75) is 26.3 Å². The number of hydrogen-bond donors (Lipinski definition) is 2. The van der Waals surface area contributed by atoms with Gasteiger partial charge in [0.25, 0.3) is 0 Å². The predicted molar refractivity (Wildman–Crippen MR) is 75.0 cm³/mol. The van der Waals surface area contributed by atoms with Gasteiger partial charge in [0, 0.05) is 18.7 Å². The molecular weight excluding hydrogens is 244 g/mol. The van der Waals surface area contributed by atoms with Gasteiger partial charge in [0.05, 0.1) is 12.2 Å². The zero-order chi connectivity index (χ0) is 12.8. The van der Waals surface area contributed by atoms with Gasteiger partial charge < -0.3 is 10.3 Å². The molecule has 0 amide bonds. The fraction of sp³-hybridized carbons (Fsp3) is 0.308. The molecule has 0 aliphatic rings.